The fourth-order valence-corrected chi connectivity index (χ4v) is 3.11. The molecule has 0 aromatic heterocycles. The summed E-state index contributed by atoms with van der Waals surface area (Å²) in [6.07, 6.45) is 5.56. The molecule has 1 unspecified atom stereocenters. The molecule has 1 rings (SSSR count). The van der Waals surface area contributed by atoms with Gasteiger partial charge in [0.15, 0.2) is 0 Å². The minimum Gasteiger partial charge on any atom is -0.329 e. The molecule has 1 atom stereocenters. The van der Waals surface area contributed by atoms with Crippen LogP contribution < -0.4 is 5.73 Å². The quantitative estimate of drug-likeness (QED) is 0.781. The van der Waals surface area contributed by atoms with E-state index in [9.17, 15) is 0 Å². The Labute approximate surface area is 102 Å². The van der Waals surface area contributed by atoms with Crippen molar-refractivity contribution < 1.29 is 0 Å². The summed E-state index contributed by atoms with van der Waals surface area (Å²) in [7, 11) is 2.25. The molecule has 1 fully saturated rings. The highest BCUT2D eigenvalue weighted by Gasteiger charge is 2.27. The molecule has 1 saturated carbocycles. The maximum absolute atomic E-state index is 5.97. The van der Waals surface area contributed by atoms with E-state index in [0.717, 1.165) is 24.3 Å². The van der Waals surface area contributed by atoms with E-state index in [2.05, 4.69) is 32.7 Å². The number of rotatable bonds is 5. The molecule has 0 saturated heterocycles. The molecule has 2 nitrogen and oxygen atoms in total. The lowest BCUT2D eigenvalue weighted by atomic mass is 9.78. The van der Waals surface area contributed by atoms with Crippen LogP contribution in [-0.2, 0) is 0 Å². The van der Waals surface area contributed by atoms with Crippen molar-refractivity contribution in [2.75, 3.05) is 20.1 Å². The van der Waals surface area contributed by atoms with Crippen molar-refractivity contribution in [3.63, 3.8) is 0 Å². The summed E-state index contributed by atoms with van der Waals surface area (Å²) >= 11 is 0. The SMILES string of the molecule is CC(C)CN(C)C(CN)C1CCC(C)CC1. The van der Waals surface area contributed by atoms with Gasteiger partial charge in [-0.3, -0.25) is 0 Å². The van der Waals surface area contributed by atoms with Gasteiger partial charge in [-0.15, -0.1) is 0 Å². The second-order valence-electron chi connectivity index (χ2n) is 6.16. The van der Waals surface area contributed by atoms with Crippen LogP contribution in [0.3, 0.4) is 0 Å². The molecule has 2 heteroatoms. The molecule has 0 spiro atoms. The Kier molecular flexibility index (Phi) is 5.77. The number of likely N-dealkylation sites (N-methyl/N-ethyl adjacent to an activating group) is 1. The monoisotopic (exact) mass is 226 g/mol. The second-order valence-corrected chi connectivity index (χ2v) is 6.16. The number of nitrogens with zero attached hydrogens (tertiary/aromatic N) is 1. The first-order valence-corrected chi connectivity index (χ1v) is 6.94. The molecule has 0 aromatic rings. The highest BCUT2D eigenvalue weighted by Crippen LogP contribution is 2.31. The van der Waals surface area contributed by atoms with E-state index in [4.69, 9.17) is 5.73 Å². The van der Waals surface area contributed by atoms with Gasteiger partial charge in [-0.05, 0) is 37.6 Å². The van der Waals surface area contributed by atoms with Crippen LogP contribution in [0.4, 0.5) is 0 Å². The average Bonchev–Trinajstić information content (AvgIpc) is 2.21. The summed E-state index contributed by atoms with van der Waals surface area (Å²) in [5.74, 6) is 2.51. The Morgan fingerprint density at radius 3 is 2.19 bits per heavy atom. The predicted molar refractivity (Wildman–Crippen MR) is 71.4 cm³/mol. The first kappa shape index (κ1) is 14.0. The molecule has 0 aliphatic heterocycles. The van der Waals surface area contributed by atoms with E-state index in [1.165, 1.54) is 32.2 Å². The zero-order valence-electron chi connectivity index (χ0n) is 11.6. The van der Waals surface area contributed by atoms with Crippen LogP contribution in [0.15, 0.2) is 0 Å². The third-order valence-corrected chi connectivity index (χ3v) is 4.07. The van der Waals surface area contributed by atoms with Gasteiger partial charge in [0.25, 0.3) is 0 Å². The van der Waals surface area contributed by atoms with Crippen LogP contribution in [0.25, 0.3) is 0 Å². The Balaban J connectivity index is 2.46. The van der Waals surface area contributed by atoms with Gasteiger partial charge in [-0.1, -0.05) is 33.6 Å². The summed E-state index contributed by atoms with van der Waals surface area (Å²) in [5.41, 5.74) is 5.97. The smallest absolute Gasteiger partial charge is 0.0243 e. The van der Waals surface area contributed by atoms with Gasteiger partial charge in [-0.25, -0.2) is 0 Å². The number of nitrogens with two attached hydrogens (primary N) is 1. The maximum atomic E-state index is 5.97. The van der Waals surface area contributed by atoms with Crippen molar-refractivity contribution in [1.29, 1.82) is 0 Å². The lowest BCUT2D eigenvalue weighted by Gasteiger charge is -2.38. The van der Waals surface area contributed by atoms with E-state index in [0.29, 0.717) is 6.04 Å². The van der Waals surface area contributed by atoms with Gasteiger partial charge in [0.2, 0.25) is 0 Å². The highest BCUT2D eigenvalue weighted by atomic mass is 15.1. The molecule has 1 aliphatic carbocycles. The van der Waals surface area contributed by atoms with Crippen LogP contribution in [0.5, 0.6) is 0 Å². The topological polar surface area (TPSA) is 29.3 Å². The summed E-state index contributed by atoms with van der Waals surface area (Å²) < 4.78 is 0. The normalized spacial score (nSPS) is 28.7. The standard InChI is InChI=1S/C14H30N2/c1-11(2)10-16(4)14(9-15)13-7-5-12(3)6-8-13/h11-14H,5-10,15H2,1-4H3. The molecular formula is C14H30N2. The number of hydrogen-bond donors (Lipinski definition) is 1. The molecule has 16 heavy (non-hydrogen) atoms. The van der Waals surface area contributed by atoms with Crippen molar-refractivity contribution in [2.24, 2.45) is 23.5 Å². The number of hydrogen-bond acceptors (Lipinski definition) is 2. The van der Waals surface area contributed by atoms with Crippen molar-refractivity contribution in [3.8, 4) is 0 Å². The van der Waals surface area contributed by atoms with Crippen molar-refractivity contribution in [2.45, 2.75) is 52.5 Å². The van der Waals surface area contributed by atoms with Crippen molar-refractivity contribution in [1.82, 2.24) is 4.90 Å². The second kappa shape index (κ2) is 6.61. The van der Waals surface area contributed by atoms with E-state index < -0.39 is 0 Å². The Morgan fingerprint density at radius 1 is 1.19 bits per heavy atom. The van der Waals surface area contributed by atoms with Crippen molar-refractivity contribution >= 4 is 0 Å². The first-order chi connectivity index (χ1) is 7.54. The summed E-state index contributed by atoms with van der Waals surface area (Å²) in [6, 6.07) is 0.606. The van der Waals surface area contributed by atoms with E-state index in [1.54, 1.807) is 0 Å². The van der Waals surface area contributed by atoms with Crippen LogP contribution in [0, 0.1) is 17.8 Å². The molecule has 0 aromatic carbocycles. The van der Waals surface area contributed by atoms with Gasteiger partial charge >= 0.3 is 0 Å². The molecular weight excluding hydrogens is 196 g/mol. The molecule has 0 radical (unpaired) electrons. The lowest BCUT2D eigenvalue weighted by molar-refractivity contribution is 0.125. The molecule has 96 valence electrons. The van der Waals surface area contributed by atoms with Crippen LogP contribution in [0.2, 0.25) is 0 Å². The van der Waals surface area contributed by atoms with Gasteiger partial charge < -0.3 is 10.6 Å². The van der Waals surface area contributed by atoms with Crippen LogP contribution in [-0.4, -0.2) is 31.1 Å². The largest absolute Gasteiger partial charge is 0.329 e. The molecule has 0 amide bonds. The summed E-state index contributed by atoms with van der Waals surface area (Å²) in [6.45, 7) is 8.95. The van der Waals surface area contributed by atoms with Crippen molar-refractivity contribution in [3.05, 3.63) is 0 Å². The van der Waals surface area contributed by atoms with Gasteiger partial charge in [0.05, 0.1) is 0 Å². The summed E-state index contributed by atoms with van der Waals surface area (Å²) in [5, 5.41) is 0. The molecule has 2 N–H and O–H groups in total. The zero-order chi connectivity index (χ0) is 12.1. The van der Waals surface area contributed by atoms with Crippen LogP contribution >= 0.6 is 0 Å². The fraction of sp³-hybridized carbons (Fsp3) is 1.00. The van der Waals surface area contributed by atoms with Gasteiger partial charge in [0.1, 0.15) is 0 Å². The highest BCUT2D eigenvalue weighted by molar-refractivity contribution is 4.83. The molecule has 0 heterocycles. The third kappa shape index (κ3) is 4.06. The third-order valence-electron chi connectivity index (χ3n) is 4.07. The van der Waals surface area contributed by atoms with Crippen LogP contribution in [0.1, 0.15) is 46.5 Å². The van der Waals surface area contributed by atoms with E-state index in [-0.39, 0.29) is 0 Å². The predicted octanol–water partition coefficient (Wildman–Crippen LogP) is 2.73. The summed E-state index contributed by atoms with van der Waals surface area (Å²) in [4.78, 5) is 2.49. The molecule has 0 bridgehead atoms. The zero-order valence-corrected chi connectivity index (χ0v) is 11.6. The Hall–Kier alpha value is -0.0800. The lowest BCUT2D eigenvalue weighted by Crippen LogP contribution is -2.45. The van der Waals surface area contributed by atoms with E-state index in [1.807, 2.05) is 0 Å². The Morgan fingerprint density at radius 2 is 1.75 bits per heavy atom. The molecule has 1 aliphatic rings. The minimum absolute atomic E-state index is 0.606. The Bertz CT molecular complexity index is 183. The van der Waals surface area contributed by atoms with E-state index >= 15 is 0 Å². The fourth-order valence-electron chi connectivity index (χ4n) is 3.11. The maximum Gasteiger partial charge on any atom is 0.0243 e. The average molecular weight is 226 g/mol. The minimum atomic E-state index is 0.606. The first-order valence-electron chi connectivity index (χ1n) is 6.94. The van der Waals surface area contributed by atoms with Gasteiger partial charge in [-0.2, -0.15) is 0 Å². The van der Waals surface area contributed by atoms with Gasteiger partial charge in [0, 0.05) is 19.1 Å².